The van der Waals surface area contributed by atoms with Crippen LogP contribution in [0.15, 0.2) is 30.7 Å². The zero-order valence-electron chi connectivity index (χ0n) is 8.78. The minimum Gasteiger partial charge on any atom is -0.262 e. The number of rotatable bonds is 0. The molecule has 2 rings (SSSR count). The average molecular weight is 186 g/mol. The molecule has 0 unspecified atom stereocenters. The first kappa shape index (κ1) is 9.13. The summed E-state index contributed by atoms with van der Waals surface area (Å²) in [4.78, 5) is 8.43. The Kier molecular flexibility index (Phi) is 1.99. The Labute approximate surface area is 84.0 Å². The molecule has 0 bridgehead atoms. The van der Waals surface area contributed by atoms with Gasteiger partial charge in [0.25, 0.3) is 0 Å². The van der Waals surface area contributed by atoms with Crippen LogP contribution in [0.5, 0.6) is 0 Å². The maximum atomic E-state index is 4.39. The van der Waals surface area contributed by atoms with Gasteiger partial charge in [0.2, 0.25) is 0 Å². The van der Waals surface area contributed by atoms with Crippen LogP contribution in [0.2, 0.25) is 0 Å². The molecular formula is C12H14N2. The Bertz CT molecular complexity index is 455. The van der Waals surface area contributed by atoms with Gasteiger partial charge in [-0.05, 0) is 23.1 Å². The lowest BCUT2D eigenvalue weighted by Crippen LogP contribution is -2.11. The van der Waals surface area contributed by atoms with Crippen LogP contribution in [0.25, 0.3) is 10.9 Å². The lowest BCUT2D eigenvalue weighted by molar-refractivity contribution is 0.588. The summed E-state index contributed by atoms with van der Waals surface area (Å²) < 4.78 is 0. The molecule has 0 atom stereocenters. The predicted octanol–water partition coefficient (Wildman–Crippen LogP) is 2.93. The first-order chi connectivity index (χ1) is 6.57. The molecule has 0 saturated carbocycles. The summed E-state index contributed by atoms with van der Waals surface area (Å²) in [5.74, 6) is 0. The Morgan fingerprint density at radius 2 is 1.93 bits per heavy atom. The van der Waals surface area contributed by atoms with Gasteiger partial charge in [0.15, 0.2) is 0 Å². The van der Waals surface area contributed by atoms with Crippen LogP contribution in [0.1, 0.15) is 26.3 Å². The van der Waals surface area contributed by atoms with Gasteiger partial charge in [-0.1, -0.05) is 20.8 Å². The molecule has 0 aliphatic heterocycles. The quantitative estimate of drug-likeness (QED) is 0.632. The van der Waals surface area contributed by atoms with E-state index in [2.05, 4.69) is 36.8 Å². The molecule has 0 aromatic carbocycles. The Balaban J connectivity index is 2.63. The Hall–Kier alpha value is -1.44. The molecule has 2 aromatic heterocycles. The summed E-state index contributed by atoms with van der Waals surface area (Å²) in [5, 5.41) is 1.16. The van der Waals surface area contributed by atoms with Gasteiger partial charge in [0, 0.05) is 17.8 Å². The van der Waals surface area contributed by atoms with Gasteiger partial charge < -0.3 is 0 Å². The number of pyridine rings is 2. The lowest BCUT2D eigenvalue weighted by Gasteiger charge is -2.18. The number of fused-ring (bicyclic) bond motifs is 1. The van der Waals surface area contributed by atoms with E-state index in [-0.39, 0.29) is 5.41 Å². The van der Waals surface area contributed by atoms with Gasteiger partial charge in [0.05, 0.1) is 11.7 Å². The molecular weight excluding hydrogens is 172 g/mol. The van der Waals surface area contributed by atoms with Gasteiger partial charge in [-0.25, -0.2) is 0 Å². The Morgan fingerprint density at radius 1 is 1.14 bits per heavy atom. The predicted molar refractivity (Wildman–Crippen MR) is 58.2 cm³/mol. The van der Waals surface area contributed by atoms with Crippen LogP contribution in [0.3, 0.4) is 0 Å². The van der Waals surface area contributed by atoms with Crippen LogP contribution in [0.4, 0.5) is 0 Å². The van der Waals surface area contributed by atoms with Crippen molar-refractivity contribution in [3.8, 4) is 0 Å². The van der Waals surface area contributed by atoms with E-state index in [0.29, 0.717) is 0 Å². The van der Waals surface area contributed by atoms with E-state index < -0.39 is 0 Å². The second-order valence-electron chi connectivity index (χ2n) is 4.54. The van der Waals surface area contributed by atoms with Crippen molar-refractivity contribution in [2.45, 2.75) is 26.2 Å². The molecule has 0 amide bonds. The topological polar surface area (TPSA) is 25.8 Å². The molecule has 2 nitrogen and oxygen atoms in total. The molecule has 0 saturated heterocycles. The molecule has 2 heteroatoms. The molecule has 0 N–H and O–H groups in total. The third kappa shape index (κ3) is 1.60. The fourth-order valence-electron chi connectivity index (χ4n) is 1.38. The van der Waals surface area contributed by atoms with E-state index in [4.69, 9.17) is 0 Å². The second-order valence-corrected chi connectivity index (χ2v) is 4.54. The monoisotopic (exact) mass is 186 g/mol. The number of aromatic nitrogens is 2. The molecule has 2 heterocycles. The van der Waals surface area contributed by atoms with Crippen LogP contribution < -0.4 is 0 Å². The van der Waals surface area contributed by atoms with E-state index in [1.54, 1.807) is 12.4 Å². The fraction of sp³-hybridized carbons (Fsp3) is 0.333. The zero-order valence-corrected chi connectivity index (χ0v) is 8.78. The summed E-state index contributed by atoms with van der Waals surface area (Å²) in [5.41, 5.74) is 2.38. The maximum absolute atomic E-state index is 4.39. The summed E-state index contributed by atoms with van der Waals surface area (Å²) in [7, 11) is 0. The van der Waals surface area contributed by atoms with Gasteiger partial charge in [-0.15, -0.1) is 0 Å². The van der Waals surface area contributed by atoms with Crippen molar-refractivity contribution in [1.82, 2.24) is 9.97 Å². The standard InChI is InChI=1S/C12H14N2/c1-12(2,3)10-6-9-4-5-13-8-11(9)14-7-10/h4-8H,1-3H3. The second kappa shape index (κ2) is 3.05. The zero-order chi connectivity index (χ0) is 10.2. The highest BCUT2D eigenvalue weighted by Crippen LogP contribution is 2.23. The summed E-state index contributed by atoms with van der Waals surface area (Å²) in [6, 6.07) is 4.18. The van der Waals surface area contributed by atoms with Crippen LogP contribution in [-0.4, -0.2) is 9.97 Å². The van der Waals surface area contributed by atoms with Gasteiger partial charge in [0.1, 0.15) is 0 Å². The van der Waals surface area contributed by atoms with Crippen LogP contribution in [-0.2, 0) is 5.41 Å². The first-order valence-electron chi connectivity index (χ1n) is 4.77. The van der Waals surface area contributed by atoms with Crippen molar-refractivity contribution in [1.29, 1.82) is 0 Å². The molecule has 0 aliphatic rings. The highest BCUT2D eigenvalue weighted by Gasteiger charge is 2.13. The van der Waals surface area contributed by atoms with Crippen molar-refractivity contribution in [2.24, 2.45) is 0 Å². The summed E-state index contributed by atoms with van der Waals surface area (Å²) in [6.45, 7) is 6.57. The molecule has 0 radical (unpaired) electrons. The van der Waals surface area contributed by atoms with Gasteiger partial charge in [-0.2, -0.15) is 0 Å². The van der Waals surface area contributed by atoms with Gasteiger partial charge >= 0.3 is 0 Å². The van der Waals surface area contributed by atoms with Crippen molar-refractivity contribution >= 4 is 10.9 Å². The molecule has 0 spiro atoms. The van der Waals surface area contributed by atoms with Crippen LogP contribution in [0, 0.1) is 0 Å². The molecule has 0 aliphatic carbocycles. The third-order valence-corrected chi connectivity index (χ3v) is 2.35. The lowest BCUT2D eigenvalue weighted by atomic mass is 9.88. The average Bonchev–Trinajstić information content (AvgIpc) is 2.16. The molecule has 14 heavy (non-hydrogen) atoms. The van der Waals surface area contributed by atoms with Crippen molar-refractivity contribution < 1.29 is 0 Å². The van der Waals surface area contributed by atoms with Crippen molar-refractivity contribution in [3.05, 3.63) is 36.3 Å². The van der Waals surface area contributed by atoms with E-state index in [9.17, 15) is 0 Å². The fourth-order valence-corrected chi connectivity index (χ4v) is 1.38. The smallest absolute Gasteiger partial charge is 0.0885 e. The summed E-state index contributed by atoms with van der Waals surface area (Å²) in [6.07, 6.45) is 5.53. The summed E-state index contributed by atoms with van der Waals surface area (Å²) >= 11 is 0. The highest BCUT2D eigenvalue weighted by atomic mass is 14.7. The molecule has 72 valence electrons. The van der Waals surface area contributed by atoms with E-state index >= 15 is 0 Å². The first-order valence-corrected chi connectivity index (χ1v) is 4.77. The number of hydrogen-bond acceptors (Lipinski definition) is 2. The van der Waals surface area contributed by atoms with Crippen molar-refractivity contribution in [2.75, 3.05) is 0 Å². The highest BCUT2D eigenvalue weighted by molar-refractivity contribution is 5.77. The number of hydrogen-bond donors (Lipinski definition) is 0. The largest absolute Gasteiger partial charge is 0.262 e. The minimum atomic E-state index is 0.157. The van der Waals surface area contributed by atoms with Crippen molar-refractivity contribution in [3.63, 3.8) is 0 Å². The normalized spacial score (nSPS) is 11.9. The number of nitrogens with zero attached hydrogens (tertiary/aromatic N) is 2. The SMILES string of the molecule is CC(C)(C)c1cnc2cnccc2c1. The molecule has 0 fully saturated rings. The molecule has 2 aromatic rings. The van der Waals surface area contributed by atoms with E-state index in [1.165, 1.54) is 5.56 Å². The van der Waals surface area contributed by atoms with E-state index in [0.717, 1.165) is 10.9 Å². The van der Waals surface area contributed by atoms with Gasteiger partial charge in [-0.3, -0.25) is 9.97 Å². The maximum Gasteiger partial charge on any atom is 0.0885 e. The minimum absolute atomic E-state index is 0.157. The third-order valence-electron chi connectivity index (χ3n) is 2.35. The van der Waals surface area contributed by atoms with E-state index in [1.807, 2.05) is 12.3 Å². The Morgan fingerprint density at radius 3 is 2.64 bits per heavy atom. The van der Waals surface area contributed by atoms with Crippen LogP contribution >= 0.6 is 0 Å².